The van der Waals surface area contributed by atoms with Crippen molar-refractivity contribution in [2.45, 2.75) is 75.6 Å². The van der Waals surface area contributed by atoms with E-state index in [2.05, 4.69) is 5.48 Å². The molecule has 0 aromatic heterocycles. The number of hydrogen-bond acceptors (Lipinski definition) is 7. The minimum atomic E-state index is -3.74. The van der Waals surface area contributed by atoms with E-state index in [0.29, 0.717) is 19.4 Å². The number of carbonyl (C=O) groups excluding carboxylic acids is 1. The topological polar surface area (TPSA) is 102 Å². The van der Waals surface area contributed by atoms with Gasteiger partial charge in [0.2, 0.25) is 0 Å². The van der Waals surface area contributed by atoms with Crippen molar-refractivity contribution in [2.24, 2.45) is 0 Å². The van der Waals surface area contributed by atoms with Crippen LogP contribution in [-0.2, 0) is 55.8 Å². The van der Waals surface area contributed by atoms with Gasteiger partial charge in [-0.2, -0.15) is 0 Å². The third kappa shape index (κ3) is 8.11. The third-order valence-electron chi connectivity index (χ3n) is 7.10. The van der Waals surface area contributed by atoms with Crippen molar-refractivity contribution >= 4 is 15.7 Å². The van der Waals surface area contributed by atoms with Gasteiger partial charge in [0.15, 0.2) is 16.1 Å². The number of aryl methyl sites for hydroxylation is 1. The molecule has 2 unspecified atom stereocenters. The Morgan fingerprint density at radius 3 is 2.00 bits per heavy atom. The Balaban J connectivity index is 0.00000400. The van der Waals surface area contributed by atoms with Gasteiger partial charge in [-0.15, -0.1) is 0 Å². The molecule has 3 atom stereocenters. The smallest absolute Gasteiger partial charge is 0.199 e. The van der Waals surface area contributed by atoms with Crippen LogP contribution >= 0.6 is 0 Å². The summed E-state index contributed by atoms with van der Waals surface area (Å²) in [4.78, 5) is 18.1. The van der Waals surface area contributed by atoms with Crippen molar-refractivity contribution in [2.75, 3.05) is 19.5 Å². The van der Waals surface area contributed by atoms with Gasteiger partial charge in [-0.25, -0.2) is 8.42 Å². The summed E-state index contributed by atoms with van der Waals surface area (Å²) >= 11 is 0. The number of nitrogens with zero attached hydrogens (tertiary/aromatic N) is 1. The van der Waals surface area contributed by atoms with Gasteiger partial charge < -0.3 is 29.3 Å². The second kappa shape index (κ2) is 14.0. The number of benzene rings is 2. The minimum Gasteiger partial charge on any atom is -0.527 e. The molecule has 2 aromatic rings. The van der Waals surface area contributed by atoms with Crippen molar-refractivity contribution in [3.05, 3.63) is 59.6 Å². The third-order valence-corrected chi connectivity index (χ3v) is 9.12. The average Bonchev–Trinajstić information content (AvgIpc) is 2.91. The standard InChI is InChI=1S/C28H37NO7S.Pd/c1-28(37(2,31)32,27(30)29-36-26-8-4-6-20-34-26)18-17-21-9-11-22(12-10-21)23-13-15-24(16-14-23)35-25-7-3-5-19-33-25;/h9-16,25-26H,3-8,17-20H2,1-2H3,(H,29,30);/p-1/t25?,26?,28-;/m1./s1. The molecule has 2 aromatic carbocycles. The number of rotatable bonds is 10. The van der Waals surface area contributed by atoms with Gasteiger partial charge in [-0.3, -0.25) is 0 Å². The summed E-state index contributed by atoms with van der Waals surface area (Å²) < 4.78 is 40.4. The summed E-state index contributed by atoms with van der Waals surface area (Å²) in [5.41, 5.74) is 6.64. The molecular weight excluding hydrogens is 601 g/mol. The fourth-order valence-electron chi connectivity index (χ4n) is 4.38. The zero-order valence-corrected chi connectivity index (χ0v) is 24.2. The Hall–Kier alpha value is -1.80. The number of hydrogen-bond donors (Lipinski definition) is 0. The SMILES string of the molecule is C[C@@](CCc1ccc(-c2ccc(OC3CCCCO3)cc2)cc1)(C(=O)[N-]OC1CCCCO1)S(C)(=O)=O.[Pd]. The Labute approximate surface area is 239 Å². The predicted octanol–water partition coefficient (Wildman–Crippen LogP) is 5.35. The van der Waals surface area contributed by atoms with Crippen molar-refractivity contribution in [1.82, 2.24) is 0 Å². The van der Waals surface area contributed by atoms with Crippen LogP contribution in [0.1, 0.15) is 57.4 Å². The molecule has 212 valence electrons. The van der Waals surface area contributed by atoms with E-state index in [9.17, 15) is 13.2 Å². The predicted molar refractivity (Wildman–Crippen MR) is 141 cm³/mol. The first-order valence-corrected chi connectivity index (χ1v) is 14.8. The average molecular weight is 637 g/mol. The zero-order valence-electron chi connectivity index (χ0n) is 21.9. The Morgan fingerprint density at radius 2 is 1.47 bits per heavy atom. The Bertz CT molecular complexity index is 1130. The first kappa shape index (κ1) is 30.7. The molecule has 1 amide bonds. The fourth-order valence-corrected chi connectivity index (χ4v) is 5.20. The van der Waals surface area contributed by atoms with E-state index in [4.69, 9.17) is 19.0 Å². The molecule has 38 heavy (non-hydrogen) atoms. The molecule has 0 aliphatic carbocycles. The molecule has 2 fully saturated rings. The maximum absolute atomic E-state index is 12.8. The van der Waals surface area contributed by atoms with Crippen molar-refractivity contribution in [1.29, 1.82) is 0 Å². The zero-order chi connectivity index (χ0) is 26.3. The first-order valence-electron chi connectivity index (χ1n) is 12.9. The van der Waals surface area contributed by atoms with Crippen LogP contribution in [0.25, 0.3) is 16.6 Å². The van der Waals surface area contributed by atoms with Crippen LogP contribution in [0.4, 0.5) is 0 Å². The monoisotopic (exact) mass is 636 g/mol. The molecular formula is C28H36NO7PdS-. The van der Waals surface area contributed by atoms with Crippen molar-refractivity contribution in [3.8, 4) is 16.9 Å². The fraction of sp³-hybridized carbons (Fsp3) is 0.536. The van der Waals surface area contributed by atoms with E-state index >= 15 is 0 Å². The summed E-state index contributed by atoms with van der Waals surface area (Å²) in [6, 6.07) is 15.8. The summed E-state index contributed by atoms with van der Waals surface area (Å²) in [5.74, 6) is -0.0248. The van der Waals surface area contributed by atoms with Gasteiger partial charge >= 0.3 is 0 Å². The molecule has 4 rings (SSSR count). The quantitative estimate of drug-likeness (QED) is 0.256. The maximum Gasteiger partial charge on any atom is 0.199 e. The van der Waals surface area contributed by atoms with E-state index in [1.165, 1.54) is 6.92 Å². The molecule has 8 nitrogen and oxygen atoms in total. The Morgan fingerprint density at radius 1 is 0.921 bits per heavy atom. The molecule has 0 bridgehead atoms. The van der Waals surface area contributed by atoms with Gasteiger partial charge in [0, 0.05) is 39.7 Å². The molecule has 2 saturated heterocycles. The molecule has 0 saturated carbocycles. The summed E-state index contributed by atoms with van der Waals surface area (Å²) in [5, 5.41) is 0. The molecule has 0 N–H and O–H groups in total. The number of carbonyl (C=O) groups is 1. The van der Waals surface area contributed by atoms with Crippen LogP contribution in [0, 0.1) is 0 Å². The van der Waals surface area contributed by atoms with Crippen LogP contribution in [0.2, 0.25) is 0 Å². The molecule has 2 aliphatic heterocycles. The Kier molecular flexibility index (Phi) is 11.3. The largest absolute Gasteiger partial charge is 0.527 e. The maximum atomic E-state index is 12.8. The van der Waals surface area contributed by atoms with E-state index in [0.717, 1.165) is 67.4 Å². The number of amides is 1. The van der Waals surface area contributed by atoms with Gasteiger partial charge in [0.25, 0.3) is 0 Å². The molecule has 2 aliphatic rings. The van der Waals surface area contributed by atoms with Crippen LogP contribution in [0.3, 0.4) is 0 Å². The molecule has 0 radical (unpaired) electrons. The van der Waals surface area contributed by atoms with E-state index in [-0.39, 0.29) is 33.1 Å². The van der Waals surface area contributed by atoms with Crippen LogP contribution in [-0.4, -0.2) is 51.1 Å². The van der Waals surface area contributed by atoms with Crippen LogP contribution in [0.15, 0.2) is 48.5 Å². The summed E-state index contributed by atoms with van der Waals surface area (Å²) in [6.45, 7) is 2.70. The second-order valence-corrected chi connectivity index (χ2v) is 12.4. The second-order valence-electron chi connectivity index (χ2n) is 9.94. The van der Waals surface area contributed by atoms with Crippen LogP contribution in [0.5, 0.6) is 5.75 Å². The molecule has 0 spiro atoms. The van der Waals surface area contributed by atoms with Crippen molar-refractivity contribution in [3.63, 3.8) is 0 Å². The van der Waals surface area contributed by atoms with Crippen molar-refractivity contribution < 1.29 is 52.7 Å². The first-order chi connectivity index (χ1) is 17.7. The summed E-state index contributed by atoms with van der Waals surface area (Å²) in [7, 11) is -3.74. The van der Waals surface area contributed by atoms with Gasteiger partial charge in [-0.1, -0.05) is 36.4 Å². The number of sulfone groups is 1. The minimum absolute atomic E-state index is 0. The summed E-state index contributed by atoms with van der Waals surface area (Å²) in [6.07, 6.45) is 6.36. The van der Waals surface area contributed by atoms with Gasteiger partial charge in [0.1, 0.15) is 16.8 Å². The molecule has 10 heteroatoms. The molecule has 2 heterocycles. The van der Waals surface area contributed by atoms with E-state index < -0.39 is 26.8 Å². The van der Waals surface area contributed by atoms with E-state index in [1.807, 2.05) is 48.5 Å². The van der Waals surface area contributed by atoms with Gasteiger partial charge in [-0.05, 0) is 80.7 Å². The number of ether oxygens (including phenoxy) is 3. The van der Waals surface area contributed by atoms with Crippen LogP contribution < -0.4 is 4.74 Å². The van der Waals surface area contributed by atoms with E-state index in [1.54, 1.807) is 0 Å². The van der Waals surface area contributed by atoms with Gasteiger partial charge in [0.05, 0.1) is 12.5 Å². The number of hydroxylamine groups is 1. The normalized spacial score (nSPS) is 21.5.